The van der Waals surface area contributed by atoms with Gasteiger partial charge in [0, 0.05) is 6.54 Å². The lowest BCUT2D eigenvalue weighted by molar-refractivity contribution is -0.137. The molecular weight excluding hydrogens is 186 g/mol. The lowest BCUT2D eigenvalue weighted by Gasteiger charge is -2.12. The number of rotatable bonds is 5. The average molecular weight is 199 g/mol. The Morgan fingerprint density at radius 2 is 2.46 bits per heavy atom. The van der Waals surface area contributed by atoms with Gasteiger partial charge >= 0.3 is 5.97 Å². The van der Waals surface area contributed by atoms with E-state index < -0.39 is 5.97 Å². The van der Waals surface area contributed by atoms with E-state index in [1.54, 1.807) is 16.2 Å². The Labute approximate surface area is 81.6 Å². The molecule has 1 aromatic heterocycles. The van der Waals surface area contributed by atoms with Crippen molar-refractivity contribution in [2.24, 2.45) is 0 Å². The van der Waals surface area contributed by atoms with E-state index in [9.17, 15) is 4.79 Å². The third-order valence-corrected chi connectivity index (χ3v) is 2.50. The molecule has 0 atom stereocenters. The molecule has 0 fully saturated rings. The highest BCUT2D eigenvalue weighted by Crippen LogP contribution is 2.06. The molecule has 1 N–H and O–H groups in total. The van der Waals surface area contributed by atoms with Gasteiger partial charge in [-0.25, -0.2) is 0 Å². The largest absolute Gasteiger partial charge is 0.480 e. The highest BCUT2D eigenvalue weighted by Gasteiger charge is 2.03. The van der Waals surface area contributed by atoms with E-state index in [2.05, 4.69) is 11.4 Å². The van der Waals surface area contributed by atoms with Gasteiger partial charge in [-0.05, 0) is 35.9 Å². The Balaban J connectivity index is 2.22. The lowest BCUT2D eigenvalue weighted by Crippen LogP contribution is -2.27. The van der Waals surface area contributed by atoms with E-state index in [0.717, 1.165) is 13.0 Å². The first-order valence-corrected chi connectivity index (χ1v) is 5.04. The van der Waals surface area contributed by atoms with Crippen LogP contribution in [0.1, 0.15) is 5.56 Å². The van der Waals surface area contributed by atoms with Gasteiger partial charge in [0.1, 0.15) is 0 Å². The highest BCUT2D eigenvalue weighted by atomic mass is 32.1. The molecule has 0 aliphatic carbocycles. The van der Waals surface area contributed by atoms with Crippen LogP contribution in [0.15, 0.2) is 16.8 Å². The second-order valence-corrected chi connectivity index (χ2v) is 3.79. The van der Waals surface area contributed by atoms with Crippen molar-refractivity contribution in [1.29, 1.82) is 0 Å². The van der Waals surface area contributed by atoms with Gasteiger partial charge in [0.15, 0.2) is 0 Å². The fourth-order valence-corrected chi connectivity index (χ4v) is 1.77. The zero-order valence-corrected chi connectivity index (χ0v) is 8.38. The Kier molecular flexibility index (Phi) is 3.92. The van der Waals surface area contributed by atoms with Crippen LogP contribution >= 0.6 is 11.3 Å². The van der Waals surface area contributed by atoms with Crippen LogP contribution < -0.4 is 0 Å². The molecule has 0 unspecified atom stereocenters. The summed E-state index contributed by atoms with van der Waals surface area (Å²) in [5, 5.41) is 12.6. The van der Waals surface area contributed by atoms with Crippen LogP contribution in [0.3, 0.4) is 0 Å². The first-order valence-electron chi connectivity index (χ1n) is 4.10. The van der Waals surface area contributed by atoms with Crippen molar-refractivity contribution in [3.05, 3.63) is 22.4 Å². The summed E-state index contributed by atoms with van der Waals surface area (Å²) in [6.45, 7) is 0.910. The zero-order valence-electron chi connectivity index (χ0n) is 7.56. The maximum atomic E-state index is 10.3. The highest BCUT2D eigenvalue weighted by molar-refractivity contribution is 7.07. The van der Waals surface area contributed by atoms with Crippen molar-refractivity contribution >= 4 is 17.3 Å². The molecule has 3 nitrogen and oxygen atoms in total. The molecule has 1 rings (SSSR count). The minimum atomic E-state index is -0.771. The van der Waals surface area contributed by atoms with Crippen LogP contribution in [0.25, 0.3) is 0 Å². The topological polar surface area (TPSA) is 40.5 Å². The number of hydrogen-bond donors (Lipinski definition) is 1. The number of thiophene rings is 1. The predicted octanol–water partition coefficient (Wildman–Crippen LogP) is 1.31. The number of carbonyl (C=O) groups is 1. The molecule has 0 aliphatic rings. The lowest BCUT2D eigenvalue weighted by atomic mass is 10.2. The Morgan fingerprint density at radius 3 is 3.00 bits per heavy atom. The molecule has 1 heterocycles. The molecule has 0 aromatic carbocycles. The van der Waals surface area contributed by atoms with Crippen LogP contribution in [0.2, 0.25) is 0 Å². The van der Waals surface area contributed by atoms with Gasteiger partial charge in [0.25, 0.3) is 0 Å². The van der Waals surface area contributed by atoms with Gasteiger partial charge in [0.05, 0.1) is 6.54 Å². The Hall–Kier alpha value is -0.870. The molecular formula is C9H13NO2S. The smallest absolute Gasteiger partial charge is 0.317 e. The number of likely N-dealkylation sites (N-methyl/N-ethyl adjacent to an activating group) is 1. The molecule has 4 heteroatoms. The quantitative estimate of drug-likeness (QED) is 0.777. The van der Waals surface area contributed by atoms with Gasteiger partial charge < -0.3 is 5.11 Å². The monoisotopic (exact) mass is 199 g/mol. The summed E-state index contributed by atoms with van der Waals surface area (Å²) in [6.07, 6.45) is 0.924. The van der Waals surface area contributed by atoms with Crippen molar-refractivity contribution in [3.8, 4) is 0 Å². The standard InChI is InChI=1S/C9H13NO2S/c1-10(6-9(11)12)4-2-8-3-5-13-7-8/h3,5,7H,2,4,6H2,1H3,(H,11,12). The molecule has 0 amide bonds. The number of nitrogens with zero attached hydrogens (tertiary/aromatic N) is 1. The van der Waals surface area contributed by atoms with Crippen molar-refractivity contribution in [1.82, 2.24) is 4.90 Å². The first kappa shape index (κ1) is 10.2. The molecule has 0 radical (unpaired) electrons. The van der Waals surface area contributed by atoms with Gasteiger partial charge in [0.2, 0.25) is 0 Å². The number of hydrogen-bond acceptors (Lipinski definition) is 3. The van der Waals surface area contributed by atoms with Crippen molar-refractivity contribution in [2.45, 2.75) is 6.42 Å². The summed E-state index contributed by atoms with van der Waals surface area (Å²) in [6, 6.07) is 2.07. The van der Waals surface area contributed by atoms with Gasteiger partial charge in [-0.2, -0.15) is 11.3 Å². The number of carboxylic acid groups (broad SMARTS) is 1. The normalized spacial score (nSPS) is 10.6. The van der Waals surface area contributed by atoms with Crippen LogP contribution in [-0.4, -0.2) is 36.1 Å². The average Bonchev–Trinajstić information content (AvgIpc) is 2.51. The molecule has 0 saturated heterocycles. The van der Waals surface area contributed by atoms with Crippen LogP contribution in [-0.2, 0) is 11.2 Å². The molecule has 0 saturated carbocycles. The maximum absolute atomic E-state index is 10.3. The minimum absolute atomic E-state index is 0.115. The SMILES string of the molecule is CN(CCc1ccsc1)CC(=O)O. The summed E-state index contributed by atoms with van der Waals surface area (Å²) in [7, 11) is 1.82. The summed E-state index contributed by atoms with van der Waals surface area (Å²) in [4.78, 5) is 12.1. The summed E-state index contributed by atoms with van der Waals surface area (Å²) < 4.78 is 0. The van der Waals surface area contributed by atoms with Gasteiger partial charge in [-0.3, -0.25) is 9.69 Å². The van der Waals surface area contributed by atoms with Crippen molar-refractivity contribution in [3.63, 3.8) is 0 Å². The fraction of sp³-hybridized carbons (Fsp3) is 0.444. The van der Waals surface area contributed by atoms with Crippen LogP contribution in [0.5, 0.6) is 0 Å². The maximum Gasteiger partial charge on any atom is 0.317 e. The number of aliphatic carboxylic acids is 1. The van der Waals surface area contributed by atoms with Crippen molar-refractivity contribution in [2.75, 3.05) is 20.1 Å². The third kappa shape index (κ3) is 4.05. The van der Waals surface area contributed by atoms with E-state index in [0.29, 0.717) is 0 Å². The first-order chi connectivity index (χ1) is 6.18. The van der Waals surface area contributed by atoms with Crippen LogP contribution in [0, 0.1) is 0 Å². The molecule has 1 aromatic rings. The Morgan fingerprint density at radius 1 is 1.69 bits per heavy atom. The van der Waals surface area contributed by atoms with E-state index in [-0.39, 0.29) is 6.54 Å². The summed E-state index contributed by atoms with van der Waals surface area (Å²) in [5.41, 5.74) is 1.28. The summed E-state index contributed by atoms with van der Waals surface area (Å²) in [5.74, 6) is -0.771. The van der Waals surface area contributed by atoms with E-state index >= 15 is 0 Å². The summed E-state index contributed by atoms with van der Waals surface area (Å²) >= 11 is 1.67. The third-order valence-electron chi connectivity index (χ3n) is 1.77. The van der Waals surface area contributed by atoms with Gasteiger partial charge in [-0.15, -0.1) is 0 Å². The van der Waals surface area contributed by atoms with Gasteiger partial charge in [-0.1, -0.05) is 0 Å². The molecule has 0 spiro atoms. The Bertz CT molecular complexity index is 259. The molecule has 13 heavy (non-hydrogen) atoms. The predicted molar refractivity (Wildman–Crippen MR) is 53.2 cm³/mol. The van der Waals surface area contributed by atoms with E-state index in [1.165, 1.54) is 5.56 Å². The fourth-order valence-electron chi connectivity index (χ4n) is 1.06. The van der Waals surface area contributed by atoms with Crippen LogP contribution in [0.4, 0.5) is 0 Å². The second kappa shape index (κ2) is 4.99. The number of carboxylic acids is 1. The molecule has 0 bridgehead atoms. The molecule has 72 valence electrons. The minimum Gasteiger partial charge on any atom is -0.480 e. The molecule has 0 aliphatic heterocycles. The second-order valence-electron chi connectivity index (χ2n) is 3.01. The van der Waals surface area contributed by atoms with E-state index in [4.69, 9.17) is 5.11 Å². The zero-order chi connectivity index (χ0) is 9.68. The van der Waals surface area contributed by atoms with Crippen molar-refractivity contribution < 1.29 is 9.90 Å². The van der Waals surface area contributed by atoms with E-state index in [1.807, 2.05) is 12.4 Å².